The van der Waals surface area contributed by atoms with Crippen LogP contribution in [0.1, 0.15) is 43.0 Å². The minimum absolute atomic E-state index is 0.205. The third kappa shape index (κ3) is 3.84. The van der Waals surface area contributed by atoms with E-state index in [1.54, 1.807) is 0 Å². The van der Waals surface area contributed by atoms with E-state index in [1.807, 2.05) is 0 Å². The lowest BCUT2D eigenvalue weighted by Crippen LogP contribution is -2.24. The largest absolute Gasteiger partial charge is 0.508 e. The molecule has 0 unspecified atom stereocenters. The second kappa shape index (κ2) is 6.74. The highest BCUT2D eigenvalue weighted by Crippen LogP contribution is 2.31. The summed E-state index contributed by atoms with van der Waals surface area (Å²) in [6.07, 6.45) is 4.13. The zero-order valence-electron chi connectivity index (χ0n) is 10.4. The molecule has 1 aromatic rings. The highest BCUT2D eigenvalue weighted by atomic mass is 16.3. The topological polar surface area (TPSA) is 89.8 Å². The highest BCUT2D eigenvalue weighted by Gasteiger charge is 2.17. The fourth-order valence-electron chi connectivity index (χ4n) is 1.67. The van der Waals surface area contributed by atoms with Gasteiger partial charge < -0.3 is 20.6 Å². The summed E-state index contributed by atoms with van der Waals surface area (Å²) in [6.45, 7) is 2.60. The molecule has 18 heavy (non-hydrogen) atoms. The Morgan fingerprint density at radius 2 is 1.72 bits per heavy atom. The first kappa shape index (κ1) is 14.2. The van der Waals surface area contributed by atoms with Gasteiger partial charge in [-0.1, -0.05) is 26.2 Å². The van der Waals surface area contributed by atoms with E-state index in [2.05, 4.69) is 12.2 Å². The Morgan fingerprint density at radius 3 is 2.28 bits per heavy atom. The second-order valence-electron chi connectivity index (χ2n) is 4.18. The standard InChI is InChI=1S/C13H19NO4/c1-2-3-4-5-6-14-13(18)12-10(16)7-9(15)8-11(12)17/h7-8,15-17H,2-6H2,1H3,(H,14,18). The lowest BCUT2D eigenvalue weighted by atomic mass is 10.1. The maximum Gasteiger partial charge on any atom is 0.258 e. The number of phenolic OH excluding ortho intramolecular Hbond substituents is 3. The Bertz CT molecular complexity index is 394. The van der Waals surface area contributed by atoms with Crippen molar-refractivity contribution in [1.29, 1.82) is 0 Å². The number of nitrogens with one attached hydrogen (secondary N) is 1. The Labute approximate surface area is 106 Å². The molecule has 0 heterocycles. The van der Waals surface area contributed by atoms with Crippen LogP contribution in [0.3, 0.4) is 0 Å². The van der Waals surface area contributed by atoms with Crippen LogP contribution in [0, 0.1) is 0 Å². The summed E-state index contributed by atoms with van der Waals surface area (Å²) < 4.78 is 0. The maximum atomic E-state index is 11.7. The van der Waals surface area contributed by atoms with Gasteiger partial charge in [-0.25, -0.2) is 0 Å². The van der Waals surface area contributed by atoms with Gasteiger partial charge in [-0.05, 0) is 6.42 Å². The van der Waals surface area contributed by atoms with Crippen LogP contribution < -0.4 is 5.32 Å². The molecular weight excluding hydrogens is 234 g/mol. The fraction of sp³-hybridized carbons (Fsp3) is 0.462. The van der Waals surface area contributed by atoms with Gasteiger partial charge in [-0.3, -0.25) is 4.79 Å². The van der Waals surface area contributed by atoms with E-state index in [9.17, 15) is 15.0 Å². The molecule has 0 fully saturated rings. The highest BCUT2D eigenvalue weighted by molar-refractivity contribution is 5.99. The average molecular weight is 253 g/mol. The first-order valence-corrected chi connectivity index (χ1v) is 6.09. The Kier molecular flexibility index (Phi) is 5.30. The number of unbranched alkanes of at least 4 members (excludes halogenated alkanes) is 3. The van der Waals surface area contributed by atoms with Crippen molar-refractivity contribution in [3.63, 3.8) is 0 Å². The van der Waals surface area contributed by atoms with Gasteiger partial charge in [0.1, 0.15) is 22.8 Å². The first-order chi connectivity index (χ1) is 8.56. The molecule has 4 N–H and O–H groups in total. The quantitative estimate of drug-likeness (QED) is 0.584. The maximum absolute atomic E-state index is 11.7. The Balaban J connectivity index is 2.57. The molecule has 1 rings (SSSR count). The number of carbonyl (C=O) groups is 1. The molecule has 0 aromatic heterocycles. The van der Waals surface area contributed by atoms with Gasteiger partial charge in [0.25, 0.3) is 5.91 Å². The third-order valence-electron chi connectivity index (χ3n) is 2.62. The molecule has 100 valence electrons. The lowest BCUT2D eigenvalue weighted by molar-refractivity contribution is 0.0947. The smallest absolute Gasteiger partial charge is 0.258 e. The van der Waals surface area contributed by atoms with E-state index in [1.165, 1.54) is 0 Å². The first-order valence-electron chi connectivity index (χ1n) is 6.09. The molecule has 0 saturated carbocycles. The monoisotopic (exact) mass is 253 g/mol. The Morgan fingerprint density at radius 1 is 1.11 bits per heavy atom. The molecule has 1 amide bonds. The average Bonchev–Trinajstić information content (AvgIpc) is 2.27. The number of amides is 1. The molecule has 0 radical (unpaired) electrons. The fourth-order valence-corrected chi connectivity index (χ4v) is 1.67. The van der Waals surface area contributed by atoms with Gasteiger partial charge in [-0.2, -0.15) is 0 Å². The van der Waals surface area contributed by atoms with Gasteiger partial charge in [0, 0.05) is 18.7 Å². The minimum Gasteiger partial charge on any atom is -0.508 e. The predicted molar refractivity (Wildman–Crippen MR) is 67.9 cm³/mol. The molecular formula is C13H19NO4. The van der Waals surface area contributed by atoms with Crippen molar-refractivity contribution in [2.45, 2.75) is 32.6 Å². The van der Waals surface area contributed by atoms with Crippen molar-refractivity contribution in [3.05, 3.63) is 17.7 Å². The number of rotatable bonds is 6. The molecule has 0 bridgehead atoms. The van der Waals surface area contributed by atoms with E-state index >= 15 is 0 Å². The molecule has 1 aromatic carbocycles. The second-order valence-corrected chi connectivity index (χ2v) is 4.18. The van der Waals surface area contributed by atoms with Gasteiger partial charge in [0.15, 0.2) is 0 Å². The molecule has 0 aliphatic rings. The van der Waals surface area contributed by atoms with Gasteiger partial charge in [-0.15, -0.1) is 0 Å². The molecule has 5 heteroatoms. The van der Waals surface area contributed by atoms with Crippen LogP contribution in [0.4, 0.5) is 0 Å². The van der Waals surface area contributed by atoms with Crippen LogP contribution in [0.25, 0.3) is 0 Å². The SMILES string of the molecule is CCCCCCNC(=O)c1c(O)cc(O)cc1O. The van der Waals surface area contributed by atoms with E-state index in [-0.39, 0.29) is 11.3 Å². The van der Waals surface area contributed by atoms with Crippen molar-refractivity contribution >= 4 is 5.91 Å². The zero-order chi connectivity index (χ0) is 13.5. The van der Waals surface area contributed by atoms with E-state index in [0.29, 0.717) is 6.54 Å². The van der Waals surface area contributed by atoms with Crippen LogP contribution in [-0.2, 0) is 0 Å². The number of hydrogen-bond donors (Lipinski definition) is 4. The van der Waals surface area contributed by atoms with Crippen molar-refractivity contribution in [2.75, 3.05) is 6.54 Å². The van der Waals surface area contributed by atoms with Crippen molar-refractivity contribution in [1.82, 2.24) is 5.32 Å². The summed E-state index contributed by atoms with van der Waals surface area (Å²) in [4.78, 5) is 11.7. The number of hydrogen-bond acceptors (Lipinski definition) is 4. The van der Waals surface area contributed by atoms with Gasteiger partial charge in [0.05, 0.1) is 0 Å². The summed E-state index contributed by atoms with van der Waals surface area (Å²) in [7, 11) is 0. The summed E-state index contributed by atoms with van der Waals surface area (Å²) in [5, 5.41) is 30.7. The summed E-state index contributed by atoms with van der Waals surface area (Å²) >= 11 is 0. The molecule has 0 aliphatic carbocycles. The van der Waals surface area contributed by atoms with Gasteiger partial charge in [0.2, 0.25) is 0 Å². The lowest BCUT2D eigenvalue weighted by Gasteiger charge is -2.08. The van der Waals surface area contributed by atoms with Crippen LogP contribution in [0.5, 0.6) is 17.2 Å². The normalized spacial score (nSPS) is 10.3. The van der Waals surface area contributed by atoms with E-state index in [0.717, 1.165) is 37.8 Å². The summed E-state index contributed by atoms with van der Waals surface area (Å²) in [6, 6.07) is 2.04. The van der Waals surface area contributed by atoms with Crippen molar-refractivity contribution < 1.29 is 20.1 Å². The molecule has 0 aliphatic heterocycles. The third-order valence-corrected chi connectivity index (χ3v) is 2.62. The number of benzene rings is 1. The number of carbonyl (C=O) groups excluding carboxylic acids is 1. The molecule has 5 nitrogen and oxygen atoms in total. The number of phenols is 3. The van der Waals surface area contributed by atoms with E-state index < -0.39 is 17.4 Å². The predicted octanol–water partition coefficient (Wildman–Crippen LogP) is 2.11. The molecule has 0 saturated heterocycles. The number of aromatic hydroxyl groups is 3. The van der Waals surface area contributed by atoms with E-state index in [4.69, 9.17) is 5.11 Å². The Hall–Kier alpha value is -1.91. The molecule has 0 atom stereocenters. The van der Waals surface area contributed by atoms with Gasteiger partial charge >= 0.3 is 0 Å². The zero-order valence-corrected chi connectivity index (χ0v) is 10.4. The summed E-state index contributed by atoms with van der Waals surface area (Å²) in [5.41, 5.74) is -0.205. The minimum atomic E-state index is -0.540. The van der Waals surface area contributed by atoms with Crippen LogP contribution in [0.15, 0.2) is 12.1 Å². The van der Waals surface area contributed by atoms with Crippen LogP contribution >= 0.6 is 0 Å². The van der Waals surface area contributed by atoms with Crippen LogP contribution in [0.2, 0.25) is 0 Å². The summed E-state index contributed by atoms with van der Waals surface area (Å²) in [5.74, 6) is -1.69. The van der Waals surface area contributed by atoms with Crippen LogP contribution in [-0.4, -0.2) is 27.8 Å². The molecule has 0 spiro atoms. The van der Waals surface area contributed by atoms with Crippen molar-refractivity contribution in [2.24, 2.45) is 0 Å². The van der Waals surface area contributed by atoms with Crippen molar-refractivity contribution in [3.8, 4) is 17.2 Å².